The molecular formula is C24H31N3O. The van der Waals surface area contributed by atoms with Gasteiger partial charge < -0.3 is 4.90 Å². The number of rotatable bonds is 5. The lowest BCUT2D eigenvalue weighted by Gasteiger charge is -2.30. The van der Waals surface area contributed by atoms with Crippen molar-refractivity contribution in [1.82, 2.24) is 14.8 Å². The smallest absolute Gasteiger partial charge is 0.236 e. The van der Waals surface area contributed by atoms with E-state index in [1.807, 2.05) is 0 Å². The van der Waals surface area contributed by atoms with Crippen molar-refractivity contribution in [3.05, 3.63) is 65.0 Å². The van der Waals surface area contributed by atoms with Crippen molar-refractivity contribution >= 4 is 5.91 Å². The molecule has 4 heteroatoms. The summed E-state index contributed by atoms with van der Waals surface area (Å²) in [5.74, 6) is 0.294. The molecule has 0 bridgehead atoms. The van der Waals surface area contributed by atoms with E-state index < -0.39 is 0 Å². The monoisotopic (exact) mass is 377 g/mol. The molecule has 3 heterocycles. The van der Waals surface area contributed by atoms with Gasteiger partial charge in [-0.15, -0.1) is 0 Å². The number of benzene rings is 1. The maximum atomic E-state index is 12.7. The third-order valence-electron chi connectivity index (χ3n) is 6.09. The van der Waals surface area contributed by atoms with Crippen LogP contribution in [-0.2, 0) is 11.2 Å². The lowest BCUT2D eigenvalue weighted by atomic mass is 10.1. The first-order chi connectivity index (χ1) is 13.7. The van der Waals surface area contributed by atoms with Gasteiger partial charge >= 0.3 is 0 Å². The molecule has 148 valence electrons. The minimum Gasteiger partial charge on any atom is -0.342 e. The topological polar surface area (TPSA) is 36.4 Å². The van der Waals surface area contributed by atoms with Crippen molar-refractivity contribution in [2.45, 2.75) is 51.5 Å². The zero-order valence-corrected chi connectivity index (χ0v) is 16.9. The number of hydrogen-bond acceptors (Lipinski definition) is 3. The predicted molar refractivity (Wildman–Crippen MR) is 112 cm³/mol. The molecule has 0 radical (unpaired) electrons. The van der Waals surface area contributed by atoms with Gasteiger partial charge in [0.1, 0.15) is 0 Å². The predicted octanol–water partition coefficient (Wildman–Crippen LogP) is 4.13. The lowest BCUT2D eigenvalue weighted by molar-refractivity contribution is -0.133. The highest BCUT2D eigenvalue weighted by atomic mass is 16.2. The number of piperidine rings is 1. The Hall–Kier alpha value is -2.20. The molecule has 4 rings (SSSR count). The van der Waals surface area contributed by atoms with E-state index in [-0.39, 0.29) is 6.04 Å². The van der Waals surface area contributed by atoms with Crippen molar-refractivity contribution in [3.63, 3.8) is 0 Å². The van der Waals surface area contributed by atoms with Crippen molar-refractivity contribution in [1.29, 1.82) is 0 Å². The van der Waals surface area contributed by atoms with Crippen LogP contribution in [0, 0.1) is 6.92 Å². The number of nitrogens with zero attached hydrogens (tertiary/aromatic N) is 3. The first-order valence-corrected chi connectivity index (χ1v) is 10.7. The second-order valence-electron chi connectivity index (χ2n) is 8.29. The van der Waals surface area contributed by atoms with Crippen molar-refractivity contribution < 1.29 is 4.79 Å². The molecule has 1 aromatic heterocycles. The number of likely N-dealkylation sites (tertiary alicyclic amines) is 2. The van der Waals surface area contributed by atoms with Crippen LogP contribution in [0.1, 0.15) is 60.7 Å². The minimum absolute atomic E-state index is 0.270. The highest BCUT2D eigenvalue weighted by molar-refractivity contribution is 5.78. The van der Waals surface area contributed by atoms with Gasteiger partial charge in [0.25, 0.3) is 0 Å². The van der Waals surface area contributed by atoms with Gasteiger partial charge in [-0.05, 0) is 63.3 Å². The number of aromatic nitrogens is 1. The lowest BCUT2D eigenvalue weighted by Crippen LogP contribution is -2.42. The van der Waals surface area contributed by atoms with Gasteiger partial charge in [-0.25, -0.2) is 0 Å². The summed E-state index contributed by atoms with van der Waals surface area (Å²) >= 11 is 0. The summed E-state index contributed by atoms with van der Waals surface area (Å²) in [6.07, 6.45) is 6.65. The Morgan fingerprint density at radius 3 is 2.57 bits per heavy atom. The van der Waals surface area contributed by atoms with E-state index in [1.54, 1.807) is 0 Å². The minimum atomic E-state index is 0.270. The molecule has 2 aromatic rings. The van der Waals surface area contributed by atoms with E-state index in [0.717, 1.165) is 63.1 Å². The van der Waals surface area contributed by atoms with Crippen molar-refractivity contribution in [2.75, 3.05) is 26.2 Å². The highest BCUT2D eigenvalue weighted by Gasteiger charge is 2.30. The van der Waals surface area contributed by atoms with Crippen molar-refractivity contribution in [3.8, 4) is 0 Å². The summed E-state index contributed by atoms with van der Waals surface area (Å²) in [6.45, 7) is 5.51. The molecule has 0 unspecified atom stereocenters. The SMILES string of the molecule is Cc1ccc(Cc2cccc([C@H]3CCCN3CC(=O)N3CCCCC3)n2)cc1. The van der Waals surface area contributed by atoms with Crippen LogP contribution < -0.4 is 0 Å². The Morgan fingerprint density at radius 2 is 1.79 bits per heavy atom. The Morgan fingerprint density at radius 1 is 1.00 bits per heavy atom. The Balaban J connectivity index is 1.43. The van der Waals surface area contributed by atoms with E-state index in [1.165, 1.54) is 17.5 Å². The fourth-order valence-corrected chi connectivity index (χ4v) is 4.46. The summed E-state index contributed by atoms with van der Waals surface area (Å²) in [4.78, 5) is 22.1. The Kier molecular flexibility index (Phi) is 6.06. The first-order valence-electron chi connectivity index (χ1n) is 10.7. The Bertz CT molecular complexity index is 796. The molecule has 0 saturated carbocycles. The molecule has 2 fully saturated rings. The number of carbonyl (C=O) groups excluding carboxylic acids is 1. The van der Waals surface area contributed by atoms with Crippen LogP contribution in [0.15, 0.2) is 42.5 Å². The van der Waals surface area contributed by atoms with E-state index in [4.69, 9.17) is 4.98 Å². The van der Waals surface area contributed by atoms with E-state index >= 15 is 0 Å². The van der Waals surface area contributed by atoms with Gasteiger partial charge in [0, 0.05) is 25.2 Å². The summed E-state index contributed by atoms with van der Waals surface area (Å²) in [7, 11) is 0. The molecule has 0 spiro atoms. The molecule has 1 atom stereocenters. The van der Waals surface area contributed by atoms with E-state index in [2.05, 4.69) is 59.2 Å². The Labute approximate surface area is 168 Å². The molecule has 0 aliphatic carbocycles. The molecular weight excluding hydrogens is 346 g/mol. The van der Waals surface area contributed by atoms with Gasteiger partial charge in [-0.1, -0.05) is 35.9 Å². The van der Waals surface area contributed by atoms with E-state index in [0.29, 0.717) is 12.5 Å². The van der Waals surface area contributed by atoms with Crippen LogP contribution in [0.4, 0.5) is 0 Å². The second kappa shape index (κ2) is 8.87. The summed E-state index contributed by atoms with van der Waals surface area (Å²) < 4.78 is 0. The summed E-state index contributed by atoms with van der Waals surface area (Å²) in [5, 5.41) is 0. The number of amides is 1. The molecule has 28 heavy (non-hydrogen) atoms. The van der Waals surface area contributed by atoms with Crippen molar-refractivity contribution in [2.24, 2.45) is 0 Å². The van der Waals surface area contributed by atoms with E-state index in [9.17, 15) is 4.79 Å². The normalized spacial score (nSPS) is 20.5. The van der Waals surface area contributed by atoms with Crippen LogP contribution >= 0.6 is 0 Å². The van der Waals surface area contributed by atoms with Crippen LogP contribution in [0.25, 0.3) is 0 Å². The van der Waals surface area contributed by atoms with Crippen LogP contribution in [-0.4, -0.2) is 46.9 Å². The molecule has 1 amide bonds. The van der Waals surface area contributed by atoms with Gasteiger partial charge in [0.15, 0.2) is 0 Å². The maximum absolute atomic E-state index is 12.7. The highest BCUT2D eigenvalue weighted by Crippen LogP contribution is 2.31. The molecule has 2 saturated heterocycles. The number of hydrogen-bond donors (Lipinski definition) is 0. The largest absolute Gasteiger partial charge is 0.342 e. The fourth-order valence-electron chi connectivity index (χ4n) is 4.46. The van der Waals surface area contributed by atoms with Gasteiger partial charge in [0.05, 0.1) is 18.3 Å². The summed E-state index contributed by atoms with van der Waals surface area (Å²) in [6, 6.07) is 15.3. The standard InChI is InChI=1S/C24H31N3O/c1-19-10-12-20(13-11-19)17-21-7-5-8-22(25-21)23-9-6-16-27(23)18-24(28)26-14-3-2-4-15-26/h5,7-8,10-13,23H,2-4,6,9,14-18H2,1H3/t23-/m1/s1. The number of pyridine rings is 1. The molecule has 2 aliphatic rings. The second-order valence-corrected chi connectivity index (χ2v) is 8.29. The average Bonchev–Trinajstić information content (AvgIpc) is 3.19. The molecule has 4 nitrogen and oxygen atoms in total. The van der Waals surface area contributed by atoms with Crippen LogP contribution in [0.3, 0.4) is 0 Å². The van der Waals surface area contributed by atoms with Crippen LogP contribution in [0.2, 0.25) is 0 Å². The van der Waals surface area contributed by atoms with Gasteiger partial charge in [-0.3, -0.25) is 14.7 Å². The molecule has 1 aromatic carbocycles. The molecule has 0 N–H and O–H groups in total. The summed E-state index contributed by atoms with van der Waals surface area (Å²) in [5.41, 5.74) is 4.80. The van der Waals surface area contributed by atoms with Gasteiger partial charge in [-0.2, -0.15) is 0 Å². The quantitative estimate of drug-likeness (QED) is 0.786. The third kappa shape index (κ3) is 4.61. The number of carbonyl (C=O) groups is 1. The zero-order chi connectivity index (χ0) is 19.3. The average molecular weight is 378 g/mol. The number of aryl methyl sites for hydroxylation is 1. The fraction of sp³-hybridized carbons (Fsp3) is 0.500. The first kappa shape index (κ1) is 19.1. The molecule has 2 aliphatic heterocycles. The van der Waals surface area contributed by atoms with Gasteiger partial charge in [0.2, 0.25) is 5.91 Å². The van der Waals surface area contributed by atoms with Crippen LogP contribution in [0.5, 0.6) is 0 Å². The third-order valence-corrected chi connectivity index (χ3v) is 6.09. The zero-order valence-electron chi connectivity index (χ0n) is 16.9. The maximum Gasteiger partial charge on any atom is 0.236 e.